The van der Waals surface area contributed by atoms with E-state index in [1.54, 1.807) is 6.92 Å². The highest BCUT2D eigenvalue weighted by atomic mass is 32.2. The molecule has 1 aromatic carbocycles. The van der Waals surface area contributed by atoms with Crippen molar-refractivity contribution in [3.8, 4) is 0 Å². The van der Waals surface area contributed by atoms with E-state index in [9.17, 15) is 13.9 Å². The Morgan fingerprint density at radius 3 is 2.75 bits per heavy atom. The van der Waals surface area contributed by atoms with E-state index in [0.717, 1.165) is 28.9 Å². The third-order valence-corrected chi connectivity index (χ3v) is 5.79. The van der Waals surface area contributed by atoms with Crippen LogP contribution in [0.25, 0.3) is 0 Å². The Bertz CT molecular complexity index is 628. The molecule has 0 aliphatic carbocycles. The van der Waals surface area contributed by atoms with Gasteiger partial charge in [0.1, 0.15) is 17.7 Å². The molecule has 2 aromatic rings. The van der Waals surface area contributed by atoms with Crippen molar-refractivity contribution in [1.82, 2.24) is 0 Å². The lowest BCUT2D eigenvalue weighted by atomic mass is 10.0. The number of rotatable bonds is 2. The second kappa shape index (κ2) is 5.47. The smallest absolute Gasteiger partial charge is 0.132 e. The van der Waals surface area contributed by atoms with Crippen LogP contribution in [-0.4, -0.2) is 10.9 Å². The van der Waals surface area contributed by atoms with Crippen LogP contribution in [0.3, 0.4) is 0 Å². The summed E-state index contributed by atoms with van der Waals surface area (Å²) >= 11 is 3.40. The van der Waals surface area contributed by atoms with Crippen molar-refractivity contribution >= 4 is 23.1 Å². The standard InChI is InChI=1S/C15H14F2OS2/c1-8-4-10(12(17)6-11(8)16)15(18)14-5-9-7-19-3-2-13(9)20-14/h4-6,15,18H,2-3,7H2,1H3. The normalized spacial score (nSPS) is 16.0. The topological polar surface area (TPSA) is 20.2 Å². The Kier molecular flexibility index (Phi) is 3.84. The number of benzene rings is 1. The number of hydrogen-bond acceptors (Lipinski definition) is 3. The molecular weight excluding hydrogens is 298 g/mol. The minimum absolute atomic E-state index is 0.148. The van der Waals surface area contributed by atoms with Gasteiger partial charge in [0.05, 0.1) is 0 Å². The lowest BCUT2D eigenvalue weighted by molar-refractivity contribution is 0.218. The van der Waals surface area contributed by atoms with Crippen LogP contribution >= 0.6 is 23.1 Å². The van der Waals surface area contributed by atoms with Crippen LogP contribution in [0.5, 0.6) is 0 Å². The molecule has 1 aliphatic heterocycles. The zero-order valence-corrected chi connectivity index (χ0v) is 12.6. The molecule has 0 amide bonds. The van der Waals surface area contributed by atoms with E-state index in [1.807, 2.05) is 17.8 Å². The van der Waals surface area contributed by atoms with E-state index in [0.29, 0.717) is 5.56 Å². The molecule has 3 rings (SSSR count). The van der Waals surface area contributed by atoms with Gasteiger partial charge in [0.25, 0.3) is 0 Å². The SMILES string of the molecule is Cc1cc(C(O)c2cc3c(s2)CCSC3)c(F)cc1F. The summed E-state index contributed by atoms with van der Waals surface area (Å²) in [5.74, 6) is 0.762. The second-order valence-electron chi connectivity index (χ2n) is 4.93. The molecule has 0 fully saturated rings. The number of fused-ring (bicyclic) bond motifs is 1. The molecule has 0 spiro atoms. The third kappa shape index (κ3) is 2.50. The monoisotopic (exact) mass is 312 g/mol. The maximum atomic E-state index is 13.9. The Morgan fingerprint density at radius 1 is 1.20 bits per heavy atom. The van der Waals surface area contributed by atoms with Gasteiger partial charge in [-0.25, -0.2) is 8.78 Å². The number of halogens is 2. The van der Waals surface area contributed by atoms with E-state index in [1.165, 1.54) is 27.8 Å². The summed E-state index contributed by atoms with van der Waals surface area (Å²) in [7, 11) is 0. The van der Waals surface area contributed by atoms with E-state index in [-0.39, 0.29) is 5.56 Å². The predicted octanol–water partition coefficient (Wildman–Crippen LogP) is 4.21. The van der Waals surface area contributed by atoms with Gasteiger partial charge in [0.15, 0.2) is 0 Å². The molecule has 1 N–H and O–H groups in total. The Morgan fingerprint density at radius 2 is 2.00 bits per heavy atom. The first kappa shape index (κ1) is 14.0. The summed E-state index contributed by atoms with van der Waals surface area (Å²) in [6, 6.07) is 4.19. The fourth-order valence-corrected chi connectivity index (χ4v) is 4.73. The summed E-state index contributed by atoms with van der Waals surface area (Å²) < 4.78 is 27.1. The molecule has 20 heavy (non-hydrogen) atoms. The molecule has 106 valence electrons. The van der Waals surface area contributed by atoms with Crippen molar-refractivity contribution in [2.45, 2.75) is 25.2 Å². The quantitative estimate of drug-likeness (QED) is 0.896. The van der Waals surface area contributed by atoms with Crippen LogP contribution in [0.15, 0.2) is 18.2 Å². The lowest BCUT2D eigenvalue weighted by Crippen LogP contribution is -2.02. The molecule has 0 radical (unpaired) electrons. The molecule has 1 unspecified atom stereocenters. The minimum atomic E-state index is -1.02. The first-order valence-corrected chi connectivity index (χ1v) is 8.36. The number of thioether (sulfide) groups is 1. The summed E-state index contributed by atoms with van der Waals surface area (Å²) in [6.45, 7) is 1.57. The molecule has 1 aliphatic rings. The highest BCUT2D eigenvalue weighted by molar-refractivity contribution is 7.98. The predicted molar refractivity (Wildman–Crippen MR) is 79.3 cm³/mol. The third-order valence-electron chi connectivity index (χ3n) is 3.49. The molecule has 5 heteroatoms. The van der Waals surface area contributed by atoms with Crippen molar-refractivity contribution in [3.63, 3.8) is 0 Å². The molecule has 0 saturated heterocycles. The maximum absolute atomic E-state index is 13.9. The molecule has 0 bridgehead atoms. The minimum Gasteiger partial charge on any atom is -0.383 e. The fraction of sp³-hybridized carbons (Fsp3) is 0.333. The molecule has 0 saturated carbocycles. The van der Waals surface area contributed by atoms with Gasteiger partial charge in [0, 0.05) is 27.1 Å². The zero-order chi connectivity index (χ0) is 14.3. The number of thiophene rings is 1. The summed E-state index contributed by atoms with van der Waals surface area (Å²) in [5.41, 5.74) is 1.73. The van der Waals surface area contributed by atoms with Gasteiger partial charge < -0.3 is 5.11 Å². The fourth-order valence-electron chi connectivity index (χ4n) is 2.35. The number of aryl methyl sites for hydroxylation is 2. The van der Waals surface area contributed by atoms with Gasteiger partial charge in [-0.15, -0.1) is 11.3 Å². The van der Waals surface area contributed by atoms with Gasteiger partial charge in [0.2, 0.25) is 0 Å². The van der Waals surface area contributed by atoms with Gasteiger partial charge in [-0.1, -0.05) is 0 Å². The van der Waals surface area contributed by atoms with E-state index >= 15 is 0 Å². The first-order chi connectivity index (χ1) is 9.56. The summed E-state index contributed by atoms with van der Waals surface area (Å²) in [5, 5.41) is 10.4. The van der Waals surface area contributed by atoms with Gasteiger partial charge >= 0.3 is 0 Å². The maximum Gasteiger partial charge on any atom is 0.132 e. The van der Waals surface area contributed by atoms with Crippen molar-refractivity contribution in [1.29, 1.82) is 0 Å². The van der Waals surface area contributed by atoms with Crippen LogP contribution in [0.4, 0.5) is 8.78 Å². The molecular formula is C15H14F2OS2. The van der Waals surface area contributed by atoms with Crippen LogP contribution in [0.1, 0.15) is 32.5 Å². The highest BCUT2D eigenvalue weighted by Crippen LogP contribution is 2.37. The number of aliphatic hydroxyl groups excluding tert-OH is 1. The second-order valence-corrected chi connectivity index (χ2v) is 7.20. The Hall–Kier alpha value is -0.910. The highest BCUT2D eigenvalue weighted by Gasteiger charge is 2.22. The van der Waals surface area contributed by atoms with Gasteiger partial charge in [-0.05, 0) is 42.4 Å². The van der Waals surface area contributed by atoms with E-state index < -0.39 is 17.7 Å². The Balaban J connectivity index is 1.98. The van der Waals surface area contributed by atoms with Gasteiger partial charge in [-0.2, -0.15) is 11.8 Å². The Labute approximate surface area is 124 Å². The van der Waals surface area contributed by atoms with Crippen molar-refractivity contribution in [2.24, 2.45) is 0 Å². The van der Waals surface area contributed by atoms with E-state index in [4.69, 9.17) is 0 Å². The van der Waals surface area contributed by atoms with Crippen molar-refractivity contribution in [2.75, 3.05) is 5.75 Å². The number of aliphatic hydroxyl groups is 1. The average molecular weight is 312 g/mol. The average Bonchev–Trinajstić information content (AvgIpc) is 2.86. The number of hydrogen-bond donors (Lipinski definition) is 1. The zero-order valence-electron chi connectivity index (χ0n) is 11.0. The summed E-state index contributed by atoms with van der Waals surface area (Å²) in [6.07, 6.45) is -0.0163. The molecule has 2 heterocycles. The van der Waals surface area contributed by atoms with Crippen LogP contribution in [0.2, 0.25) is 0 Å². The lowest BCUT2D eigenvalue weighted by Gasteiger charge is -2.11. The largest absolute Gasteiger partial charge is 0.383 e. The van der Waals surface area contributed by atoms with E-state index in [2.05, 4.69) is 0 Å². The first-order valence-electron chi connectivity index (χ1n) is 6.39. The molecule has 1 nitrogen and oxygen atoms in total. The van der Waals surface area contributed by atoms with Crippen LogP contribution in [-0.2, 0) is 12.2 Å². The van der Waals surface area contributed by atoms with Crippen LogP contribution < -0.4 is 0 Å². The van der Waals surface area contributed by atoms with Gasteiger partial charge in [-0.3, -0.25) is 0 Å². The van der Waals surface area contributed by atoms with Crippen molar-refractivity contribution in [3.05, 3.63) is 56.3 Å². The van der Waals surface area contributed by atoms with Crippen molar-refractivity contribution < 1.29 is 13.9 Å². The molecule has 1 aromatic heterocycles. The van der Waals surface area contributed by atoms with Crippen LogP contribution in [0, 0.1) is 18.6 Å². The summed E-state index contributed by atoms with van der Waals surface area (Å²) in [4.78, 5) is 2.01. The molecule has 1 atom stereocenters.